The van der Waals surface area contributed by atoms with Gasteiger partial charge in [0.05, 0.1) is 10.4 Å². The number of carbonyl (C=O) groups is 1. The van der Waals surface area contributed by atoms with E-state index in [9.17, 15) is 9.18 Å². The van der Waals surface area contributed by atoms with Gasteiger partial charge in [-0.05, 0) is 36.4 Å². The maximum absolute atomic E-state index is 12.9. The molecule has 2 N–H and O–H groups in total. The minimum atomic E-state index is -0.342. The Hall–Kier alpha value is -2.47. The number of benzene rings is 1. The summed E-state index contributed by atoms with van der Waals surface area (Å²) in [6, 6.07) is 9.40. The number of carbonyl (C=O) groups excluding carboxylic acids is 1. The topological polar surface area (TPSA) is 59.2 Å². The molecule has 0 saturated carbocycles. The smallest absolute Gasteiger partial charge is 0.270 e. The van der Waals surface area contributed by atoms with Gasteiger partial charge in [-0.3, -0.25) is 9.78 Å². The molecular formula is C15H12FN3OS. The lowest BCUT2D eigenvalue weighted by atomic mass is 10.2. The number of hydrogen-bond donors (Lipinski definition) is 1. The van der Waals surface area contributed by atoms with E-state index in [1.807, 2.05) is 6.07 Å². The van der Waals surface area contributed by atoms with Crippen LogP contribution in [0, 0.1) is 5.82 Å². The second-order valence-corrected chi connectivity index (χ2v) is 5.59. The zero-order valence-electron chi connectivity index (χ0n) is 11.2. The van der Waals surface area contributed by atoms with Crippen molar-refractivity contribution in [2.45, 2.75) is 0 Å². The van der Waals surface area contributed by atoms with E-state index in [2.05, 4.69) is 4.98 Å². The maximum Gasteiger partial charge on any atom is 0.270 e. The molecule has 3 aromatic rings. The van der Waals surface area contributed by atoms with E-state index in [0.717, 1.165) is 4.70 Å². The van der Waals surface area contributed by atoms with Crippen LogP contribution in [0.15, 0.2) is 42.6 Å². The Bertz CT molecular complexity index is 813. The van der Waals surface area contributed by atoms with Gasteiger partial charge in [-0.1, -0.05) is 0 Å². The van der Waals surface area contributed by atoms with Crippen LogP contribution >= 0.6 is 11.3 Å². The minimum absolute atomic E-state index is 0.234. The minimum Gasteiger partial charge on any atom is -0.396 e. The van der Waals surface area contributed by atoms with Gasteiger partial charge in [0.1, 0.15) is 16.2 Å². The summed E-state index contributed by atoms with van der Waals surface area (Å²) < 4.78 is 13.8. The predicted octanol–water partition coefficient (Wildman–Crippen LogP) is 3.29. The third-order valence-electron chi connectivity index (χ3n) is 3.20. The van der Waals surface area contributed by atoms with Crippen LogP contribution in [0.5, 0.6) is 0 Å². The summed E-state index contributed by atoms with van der Waals surface area (Å²) in [7, 11) is 1.63. The van der Waals surface area contributed by atoms with E-state index in [1.54, 1.807) is 31.4 Å². The molecular weight excluding hydrogens is 289 g/mol. The fourth-order valence-corrected chi connectivity index (χ4v) is 3.10. The molecule has 3 rings (SSSR count). The van der Waals surface area contributed by atoms with Crippen molar-refractivity contribution in [1.29, 1.82) is 0 Å². The van der Waals surface area contributed by atoms with Gasteiger partial charge in [0.15, 0.2) is 0 Å². The van der Waals surface area contributed by atoms with Crippen LogP contribution in [0.2, 0.25) is 0 Å². The third kappa shape index (κ3) is 2.34. The Morgan fingerprint density at radius 1 is 1.29 bits per heavy atom. The van der Waals surface area contributed by atoms with Gasteiger partial charge in [0.25, 0.3) is 5.91 Å². The van der Waals surface area contributed by atoms with Gasteiger partial charge in [0.2, 0.25) is 0 Å². The average molecular weight is 301 g/mol. The van der Waals surface area contributed by atoms with E-state index in [1.165, 1.54) is 28.4 Å². The molecule has 106 valence electrons. The standard InChI is InChI=1S/C15H12FN3OS/c1-19(10-6-4-9(16)5-7-10)15(20)14-12(17)13-11(21-14)3-2-8-18-13/h2-8H,17H2,1H3. The SMILES string of the molecule is CN(C(=O)c1sc2cccnc2c1N)c1ccc(F)cc1. The van der Waals surface area contributed by atoms with Crippen molar-refractivity contribution in [3.05, 3.63) is 53.3 Å². The second kappa shape index (κ2) is 5.14. The number of nitrogens with two attached hydrogens (primary N) is 1. The Balaban J connectivity index is 2.00. The molecule has 0 aliphatic heterocycles. The molecule has 0 spiro atoms. The second-order valence-electron chi connectivity index (χ2n) is 4.54. The highest BCUT2D eigenvalue weighted by Gasteiger charge is 2.21. The monoisotopic (exact) mass is 301 g/mol. The number of amides is 1. The highest BCUT2D eigenvalue weighted by molar-refractivity contribution is 7.21. The molecule has 21 heavy (non-hydrogen) atoms. The Morgan fingerprint density at radius 3 is 2.67 bits per heavy atom. The van der Waals surface area contributed by atoms with Crippen LogP contribution < -0.4 is 10.6 Å². The molecule has 0 unspecified atom stereocenters. The summed E-state index contributed by atoms with van der Waals surface area (Å²) in [5, 5.41) is 0. The molecule has 0 atom stereocenters. The first-order valence-corrected chi connectivity index (χ1v) is 7.06. The number of thiophene rings is 1. The summed E-state index contributed by atoms with van der Waals surface area (Å²) >= 11 is 1.31. The fourth-order valence-electron chi connectivity index (χ4n) is 2.04. The number of fused-ring (bicyclic) bond motifs is 1. The van der Waals surface area contributed by atoms with Crippen LogP contribution in [-0.2, 0) is 0 Å². The molecule has 4 nitrogen and oxygen atoms in total. The molecule has 2 heterocycles. The number of nitrogens with zero attached hydrogens (tertiary/aromatic N) is 2. The van der Waals surface area contributed by atoms with Crippen molar-refractivity contribution in [3.63, 3.8) is 0 Å². The van der Waals surface area contributed by atoms with Crippen LogP contribution in [0.25, 0.3) is 10.2 Å². The molecule has 0 aliphatic carbocycles. The van der Waals surface area contributed by atoms with Crippen molar-refractivity contribution in [3.8, 4) is 0 Å². The number of rotatable bonds is 2. The number of anilines is 2. The molecule has 6 heteroatoms. The van der Waals surface area contributed by atoms with Gasteiger partial charge in [-0.15, -0.1) is 11.3 Å². The molecule has 2 aromatic heterocycles. The molecule has 0 fully saturated rings. The lowest BCUT2D eigenvalue weighted by molar-refractivity contribution is 0.0997. The molecule has 1 aromatic carbocycles. The number of hydrogen-bond acceptors (Lipinski definition) is 4. The lowest BCUT2D eigenvalue weighted by Gasteiger charge is -2.16. The number of aromatic nitrogens is 1. The molecule has 0 radical (unpaired) electrons. The number of nitrogen functional groups attached to an aromatic ring is 1. The Morgan fingerprint density at radius 2 is 2.00 bits per heavy atom. The summed E-state index contributed by atoms with van der Waals surface area (Å²) in [4.78, 5) is 18.6. The first kappa shape index (κ1) is 13.5. The number of pyridine rings is 1. The first-order chi connectivity index (χ1) is 10.1. The molecule has 0 aliphatic rings. The van der Waals surface area contributed by atoms with Gasteiger partial charge in [-0.25, -0.2) is 4.39 Å². The van der Waals surface area contributed by atoms with Crippen molar-refractivity contribution < 1.29 is 9.18 Å². The lowest BCUT2D eigenvalue weighted by Crippen LogP contribution is -2.26. The van der Waals surface area contributed by atoms with Crippen LogP contribution in [0.4, 0.5) is 15.8 Å². The predicted molar refractivity (Wildman–Crippen MR) is 83.2 cm³/mol. The van der Waals surface area contributed by atoms with Crippen LogP contribution in [0.3, 0.4) is 0 Å². The highest BCUT2D eigenvalue weighted by atomic mass is 32.1. The third-order valence-corrected chi connectivity index (χ3v) is 4.34. The van der Waals surface area contributed by atoms with E-state index in [0.29, 0.717) is 21.8 Å². The Labute approximate surface area is 124 Å². The first-order valence-electron chi connectivity index (χ1n) is 6.24. The quantitative estimate of drug-likeness (QED) is 0.790. The summed E-state index contributed by atoms with van der Waals surface area (Å²) in [5.41, 5.74) is 7.64. The summed E-state index contributed by atoms with van der Waals surface area (Å²) in [5.74, 6) is -0.577. The summed E-state index contributed by atoms with van der Waals surface area (Å²) in [6.45, 7) is 0. The molecule has 0 bridgehead atoms. The maximum atomic E-state index is 12.9. The van der Waals surface area contributed by atoms with E-state index >= 15 is 0 Å². The van der Waals surface area contributed by atoms with E-state index < -0.39 is 0 Å². The average Bonchev–Trinajstić information content (AvgIpc) is 2.84. The van der Waals surface area contributed by atoms with E-state index in [-0.39, 0.29) is 11.7 Å². The Kier molecular flexibility index (Phi) is 3.31. The molecule has 1 amide bonds. The van der Waals surface area contributed by atoms with Crippen LogP contribution in [0.1, 0.15) is 9.67 Å². The van der Waals surface area contributed by atoms with Gasteiger partial charge < -0.3 is 10.6 Å². The van der Waals surface area contributed by atoms with Crippen LogP contribution in [-0.4, -0.2) is 17.9 Å². The van der Waals surface area contributed by atoms with Gasteiger partial charge >= 0.3 is 0 Å². The molecule has 0 saturated heterocycles. The zero-order valence-corrected chi connectivity index (χ0v) is 12.0. The van der Waals surface area contributed by atoms with Crippen molar-refractivity contribution in [2.75, 3.05) is 17.7 Å². The van der Waals surface area contributed by atoms with Gasteiger partial charge in [-0.2, -0.15) is 0 Å². The van der Waals surface area contributed by atoms with Crippen molar-refractivity contribution in [1.82, 2.24) is 4.98 Å². The van der Waals surface area contributed by atoms with Crippen molar-refractivity contribution >= 4 is 38.8 Å². The zero-order chi connectivity index (χ0) is 15.0. The summed E-state index contributed by atoms with van der Waals surface area (Å²) in [6.07, 6.45) is 1.64. The van der Waals surface area contributed by atoms with Crippen molar-refractivity contribution in [2.24, 2.45) is 0 Å². The van der Waals surface area contributed by atoms with Gasteiger partial charge in [0, 0.05) is 18.9 Å². The number of halogens is 1. The van der Waals surface area contributed by atoms with E-state index in [4.69, 9.17) is 5.73 Å². The normalized spacial score (nSPS) is 10.8. The largest absolute Gasteiger partial charge is 0.396 e. The highest BCUT2D eigenvalue weighted by Crippen LogP contribution is 2.33. The fraction of sp³-hybridized carbons (Fsp3) is 0.0667.